The molecule has 1 aromatic rings. The SMILES string of the molecule is CC1NC(c2ccsc2)N(CC(F)(F)F)C1=O. The van der Waals surface area contributed by atoms with Gasteiger partial charge in [-0.25, -0.2) is 0 Å². The van der Waals surface area contributed by atoms with Gasteiger partial charge in [-0.15, -0.1) is 0 Å². The van der Waals surface area contributed by atoms with Crippen LogP contribution in [0.25, 0.3) is 0 Å². The summed E-state index contributed by atoms with van der Waals surface area (Å²) in [6.45, 7) is 0.349. The molecule has 2 rings (SSSR count). The Morgan fingerprint density at radius 2 is 2.24 bits per heavy atom. The van der Waals surface area contributed by atoms with Crippen LogP contribution in [0, 0.1) is 0 Å². The fourth-order valence-electron chi connectivity index (χ4n) is 1.84. The number of hydrogen-bond acceptors (Lipinski definition) is 3. The first-order chi connectivity index (χ1) is 7.88. The Morgan fingerprint density at radius 3 is 2.76 bits per heavy atom. The van der Waals surface area contributed by atoms with Gasteiger partial charge in [-0.1, -0.05) is 0 Å². The largest absolute Gasteiger partial charge is 0.406 e. The molecular formula is C10H11F3N2OS. The minimum absolute atomic E-state index is 0.515. The van der Waals surface area contributed by atoms with Crippen molar-refractivity contribution < 1.29 is 18.0 Å². The second-order valence-corrected chi connectivity index (χ2v) is 4.71. The monoisotopic (exact) mass is 264 g/mol. The first-order valence-corrected chi connectivity index (χ1v) is 5.98. The van der Waals surface area contributed by atoms with Crippen molar-refractivity contribution in [1.82, 2.24) is 10.2 Å². The highest BCUT2D eigenvalue weighted by atomic mass is 32.1. The summed E-state index contributed by atoms with van der Waals surface area (Å²) in [5, 5.41) is 6.38. The number of carbonyl (C=O) groups excluding carboxylic acids is 1. The molecule has 0 bridgehead atoms. The van der Waals surface area contributed by atoms with Crippen molar-refractivity contribution in [2.75, 3.05) is 6.54 Å². The Labute approximate surface area is 100 Å². The third kappa shape index (κ3) is 2.61. The smallest absolute Gasteiger partial charge is 0.312 e. The number of rotatable bonds is 2. The third-order valence-electron chi connectivity index (χ3n) is 2.58. The van der Waals surface area contributed by atoms with E-state index in [9.17, 15) is 18.0 Å². The molecule has 1 saturated heterocycles. The standard InChI is InChI=1S/C10H11F3N2OS/c1-6-9(16)15(5-10(11,12)13)8(14-6)7-2-3-17-4-7/h2-4,6,8,14H,5H2,1H3. The number of halogens is 3. The van der Waals surface area contributed by atoms with Crippen molar-refractivity contribution in [1.29, 1.82) is 0 Å². The van der Waals surface area contributed by atoms with Crippen molar-refractivity contribution in [2.45, 2.75) is 25.3 Å². The van der Waals surface area contributed by atoms with E-state index in [1.54, 1.807) is 23.8 Å². The number of nitrogens with zero attached hydrogens (tertiary/aromatic N) is 1. The van der Waals surface area contributed by atoms with Gasteiger partial charge < -0.3 is 4.90 Å². The molecule has 1 aromatic heterocycles. The van der Waals surface area contributed by atoms with Crippen LogP contribution in [-0.2, 0) is 4.79 Å². The van der Waals surface area contributed by atoms with Crippen molar-refractivity contribution >= 4 is 17.2 Å². The Hall–Kier alpha value is -1.08. The summed E-state index contributed by atoms with van der Waals surface area (Å²) >= 11 is 1.39. The maximum Gasteiger partial charge on any atom is 0.406 e. The molecule has 1 N–H and O–H groups in total. The van der Waals surface area contributed by atoms with Crippen LogP contribution < -0.4 is 5.32 Å². The quantitative estimate of drug-likeness (QED) is 0.887. The van der Waals surface area contributed by atoms with E-state index >= 15 is 0 Å². The molecule has 0 saturated carbocycles. The van der Waals surface area contributed by atoms with Gasteiger partial charge in [0.25, 0.3) is 0 Å². The molecule has 0 radical (unpaired) electrons. The molecular weight excluding hydrogens is 253 g/mol. The molecule has 2 heterocycles. The number of thiophene rings is 1. The minimum atomic E-state index is -4.38. The number of nitrogens with one attached hydrogen (secondary N) is 1. The van der Waals surface area contributed by atoms with E-state index in [0.29, 0.717) is 5.56 Å². The molecule has 2 atom stereocenters. The van der Waals surface area contributed by atoms with Gasteiger partial charge in [0.05, 0.1) is 6.04 Å². The first kappa shape index (κ1) is 12.4. The number of hydrogen-bond donors (Lipinski definition) is 1. The van der Waals surface area contributed by atoms with Gasteiger partial charge in [0.1, 0.15) is 12.7 Å². The van der Waals surface area contributed by atoms with Gasteiger partial charge in [0.2, 0.25) is 5.91 Å². The fraction of sp³-hybridized carbons (Fsp3) is 0.500. The molecule has 1 aliphatic heterocycles. The van der Waals surface area contributed by atoms with Crippen LogP contribution in [-0.4, -0.2) is 29.6 Å². The lowest BCUT2D eigenvalue weighted by Gasteiger charge is -2.24. The number of alkyl halides is 3. The summed E-state index contributed by atoms with van der Waals surface area (Å²) in [7, 11) is 0. The second-order valence-electron chi connectivity index (χ2n) is 3.93. The molecule has 0 spiro atoms. The van der Waals surface area contributed by atoms with Crippen molar-refractivity contribution in [3.8, 4) is 0 Å². The van der Waals surface area contributed by atoms with E-state index in [4.69, 9.17) is 0 Å². The van der Waals surface area contributed by atoms with Crippen LogP contribution >= 0.6 is 11.3 Å². The zero-order valence-electron chi connectivity index (χ0n) is 8.99. The Morgan fingerprint density at radius 1 is 1.53 bits per heavy atom. The summed E-state index contributed by atoms with van der Waals surface area (Å²) in [4.78, 5) is 12.5. The highest BCUT2D eigenvalue weighted by Gasteiger charge is 2.43. The Kier molecular flexibility index (Phi) is 3.13. The zero-order chi connectivity index (χ0) is 12.6. The minimum Gasteiger partial charge on any atom is -0.312 e. The molecule has 1 aliphatic rings. The molecule has 7 heteroatoms. The van der Waals surface area contributed by atoms with Gasteiger partial charge in [-0.3, -0.25) is 10.1 Å². The van der Waals surface area contributed by atoms with Crippen LogP contribution in [0.3, 0.4) is 0 Å². The number of amides is 1. The summed E-state index contributed by atoms with van der Waals surface area (Å²) in [5.74, 6) is -0.515. The molecule has 17 heavy (non-hydrogen) atoms. The summed E-state index contributed by atoms with van der Waals surface area (Å²) in [5.41, 5.74) is 0.692. The fourth-order valence-corrected chi connectivity index (χ4v) is 2.52. The Bertz CT molecular complexity index is 404. The van der Waals surface area contributed by atoms with Crippen molar-refractivity contribution in [3.05, 3.63) is 22.4 Å². The molecule has 1 amide bonds. The highest BCUT2D eigenvalue weighted by molar-refractivity contribution is 7.07. The molecule has 2 unspecified atom stereocenters. The average molecular weight is 264 g/mol. The molecule has 0 aromatic carbocycles. The second kappa shape index (κ2) is 4.30. The predicted molar refractivity (Wildman–Crippen MR) is 57.4 cm³/mol. The lowest BCUT2D eigenvalue weighted by Crippen LogP contribution is -2.38. The van der Waals surface area contributed by atoms with E-state index in [2.05, 4.69) is 5.32 Å². The molecule has 94 valence electrons. The van der Waals surface area contributed by atoms with Gasteiger partial charge >= 0.3 is 6.18 Å². The van der Waals surface area contributed by atoms with Gasteiger partial charge in [0, 0.05) is 0 Å². The van der Waals surface area contributed by atoms with E-state index in [1.165, 1.54) is 11.3 Å². The number of carbonyl (C=O) groups is 1. The van der Waals surface area contributed by atoms with E-state index < -0.39 is 30.8 Å². The van der Waals surface area contributed by atoms with Gasteiger partial charge in [-0.2, -0.15) is 24.5 Å². The lowest BCUT2D eigenvalue weighted by molar-refractivity contribution is -0.161. The first-order valence-electron chi connectivity index (χ1n) is 5.04. The summed E-state index contributed by atoms with van der Waals surface area (Å²) in [6, 6.07) is 1.14. The lowest BCUT2D eigenvalue weighted by atomic mass is 10.2. The molecule has 3 nitrogen and oxygen atoms in total. The van der Waals surface area contributed by atoms with E-state index in [-0.39, 0.29) is 0 Å². The van der Waals surface area contributed by atoms with E-state index in [0.717, 1.165) is 4.90 Å². The van der Waals surface area contributed by atoms with Crippen LogP contribution in [0.2, 0.25) is 0 Å². The molecule has 1 fully saturated rings. The maximum atomic E-state index is 12.4. The predicted octanol–water partition coefficient (Wildman–Crippen LogP) is 2.13. The average Bonchev–Trinajstić information content (AvgIpc) is 2.80. The molecule has 0 aliphatic carbocycles. The van der Waals surface area contributed by atoms with Crippen LogP contribution in [0.4, 0.5) is 13.2 Å². The summed E-state index contributed by atoms with van der Waals surface area (Å²) in [6.07, 6.45) is -5.05. The third-order valence-corrected chi connectivity index (χ3v) is 3.28. The summed E-state index contributed by atoms with van der Waals surface area (Å²) < 4.78 is 37.2. The Balaban J connectivity index is 2.22. The maximum absolute atomic E-state index is 12.4. The van der Waals surface area contributed by atoms with Crippen LogP contribution in [0.5, 0.6) is 0 Å². The van der Waals surface area contributed by atoms with Crippen LogP contribution in [0.1, 0.15) is 18.7 Å². The van der Waals surface area contributed by atoms with E-state index in [1.807, 2.05) is 0 Å². The van der Waals surface area contributed by atoms with Crippen molar-refractivity contribution in [2.24, 2.45) is 0 Å². The normalized spacial score (nSPS) is 25.6. The van der Waals surface area contributed by atoms with Gasteiger partial charge in [0.15, 0.2) is 0 Å². The highest BCUT2D eigenvalue weighted by Crippen LogP contribution is 2.30. The van der Waals surface area contributed by atoms with Gasteiger partial charge in [-0.05, 0) is 29.3 Å². The zero-order valence-corrected chi connectivity index (χ0v) is 9.81. The van der Waals surface area contributed by atoms with Crippen LogP contribution in [0.15, 0.2) is 16.8 Å². The van der Waals surface area contributed by atoms with Crippen molar-refractivity contribution in [3.63, 3.8) is 0 Å². The topological polar surface area (TPSA) is 32.3 Å².